The summed E-state index contributed by atoms with van der Waals surface area (Å²) in [6.45, 7) is 4.22. The molecule has 100 valence electrons. The maximum Gasteiger partial charge on any atom is 0.194 e. The molecule has 3 nitrogen and oxygen atoms in total. The van der Waals surface area contributed by atoms with E-state index in [0.717, 1.165) is 31.5 Å². The molecule has 0 aromatic heterocycles. The number of hydrogen-bond acceptors (Lipinski definition) is 3. The zero-order valence-corrected chi connectivity index (χ0v) is 11.5. The van der Waals surface area contributed by atoms with Crippen molar-refractivity contribution in [3.8, 4) is 0 Å². The summed E-state index contributed by atoms with van der Waals surface area (Å²) in [4.78, 5) is 12.6. The first-order chi connectivity index (χ1) is 8.28. The number of rotatable bonds is 4. The van der Waals surface area contributed by atoms with Gasteiger partial charge in [0.2, 0.25) is 0 Å². The molecule has 0 bridgehead atoms. The van der Waals surface area contributed by atoms with E-state index in [1.54, 1.807) is 0 Å². The van der Waals surface area contributed by atoms with Crippen LogP contribution in [0.4, 0.5) is 0 Å². The monoisotopic (exact) mass is 269 g/mol. The lowest BCUT2D eigenvalue weighted by Gasteiger charge is -2.35. The van der Waals surface area contributed by atoms with Crippen molar-refractivity contribution < 1.29 is 9.53 Å². The van der Waals surface area contributed by atoms with Crippen molar-refractivity contribution >= 4 is 18.2 Å². The number of halogens is 1. The number of ketones is 1. The van der Waals surface area contributed by atoms with Gasteiger partial charge in [0.25, 0.3) is 0 Å². The van der Waals surface area contributed by atoms with E-state index in [-0.39, 0.29) is 18.2 Å². The fourth-order valence-corrected chi connectivity index (χ4v) is 2.40. The summed E-state index contributed by atoms with van der Waals surface area (Å²) in [7, 11) is 0. The van der Waals surface area contributed by atoms with Gasteiger partial charge in [-0.1, -0.05) is 30.3 Å². The summed E-state index contributed by atoms with van der Waals surface area (Å²) < 4.78 is 5.80. The average Bonchev–Trinajstić information content (AvgIpc) is 2.40. The van der Waals surface area contributed by atoms with E-state index >= 15 is 0 Å². The summed E-state index contributed by atoms with van der Waals surface area (Å²) in [5.41, 5.74) is 0.143. The molecule has 0 spiro atoms. The molecule has 0 unspecified atom stereocenters. The van der Waals surface area contributed by atoms with Crippen molar-refractivity contribution in [2.45, 2.75) is 25.4 Å². The maximum absolute atomic E-state index is 12.6. The third-order valence-electron chi connectivity index (χ3n) is 3.28. The number of nitrogens with one attached hydrogen (secondary N) is 1. The lowest BCUT2D eigenvalue weighted by molar-refractivity contribution is -0.0372. The van der Waals surface area contributed by atoms with Gasteiger partial charge in [-0.25, -0.2) is 0 Å². The lowest BCUT2D eigenvalue weighted by atomic mass is 9.84. The summed E-state index contributed by atoms with van der Waals surface area (Å²) in [5.74, 6) is 0.126. The second-order valence-electron chi connectivity index (χ2n) is 4.37. The molecule has 1 aliphatic rings. The fraction of sp³-hybridized carbons (Fsp3) is 0.500. The van der Waals surface area contributed by atoms with E-state index < -0.39 is 5.60 Å². The number of piperidine rings is 1. The largest absolute Gasteiger partial charge is 0.367 e. The van der Waals surface area contributed by atoms with Crippen molar-refractivity contribution in [2.24, 2.45) is 0 Å². The summed E-state index contributed by atoms with van der Waals surface area (Å²) in [6, 6.07) is 9.45. The van der Waals surface area contributed by atoms with Crippen LogP contribution < -0.4 is 5.32 Å². The molecule has 0 saturated carbocycles. The van der Waals surface area contributed by atoms with E-state index in [1.165, 1.54) is 0 Å². The minimum atomic E-state index is -0.610. The standard InChI is InChI=1S/C14H19NO2.ClH/c1-2-17-14(8-10-15-11-9-14)13(16)12-6-4-3-5-7-12;/h3-7,15H,2,8-11H2,1H3;1H. The van der Waals surface area contributed by atoms with E-state index in [0.29, 0.717) is 6.61 Å². The van der Waals surface area contributed by atoms with Crippen molar-refractivity contribution in [1.82, 2.24) is 5.32 Å². The van der Waals surface area contributed by atoms with Gasteiger partial charge < -0.3 is 10.1 Å². The fourth-order valence-electron chi connectivity index (χ4n) is 2.40. The molecule has 4 heteroatoms. The Hall–Kier alpha value is -0.900. The van der Waals surface area contributed by atoms with Crippen LogP contribution in [0.15, 0.2) is 30.3 Å². The molecule has 0 aliphatic carbocycles. The minimum absolute atomic E-state index is 0. The van der Waals surface area contributed by atoms with Crippen LogP contribution in [0.5, 0.6) is 0 Å². The van der Waals surface area contributed by atoms with E-state index in [4.69, 9.17) is 4.74 Å². The van der Waals surface area contributed by atoms with Gasteiger partial charge in [-0.2, -0.15) is 0 Å². The molecule has 1 aliphatic heterocycles. The first-order valence-corrected chi connectivity index (χ1v) is 6.23. The Balaban J connectivity index is 0.00000162. The Morgan fingerprint density at radius 1 is 1.28 bits per heavy atom. The number of Topliss-reactive ketones (excluding diaryl/α,β-unsaturated/α-hetero) is 1. The van der Waals surface area contributed by atoms with Crippen molar-refractivity contribution in [2.75, 3.05) is 19.7 Å². The quantitative estimate of drug-likeness (QED) is 0.854. The molecular weight excluding hydrogens is 250 g/mol. The zero-order chi connectivity index (χ0) is 12.1. The van der Waals surface area contributed by atoms with Crippen LogP contribution in [0, 0.1) is 0 Å². The predicted molar refractivity (Wildman–Crippen MR) is 74.5 cm³/mol. The molecule has 1 saturated heterocycles. The molecule has 1 N–H and O–H groups in total. The van der Waals surface area contributed by atoms with E-state index in [1.807, 2.05) is 37.3 Å². The normalized spacial score (nSPS) is 17.8. The van der Waals surface area contributed by atoms with Crippen LogP contribution in [0.2, 0.25) is 0 Å². The Morgan fingerprint density at radius 2 is 1.89 bits per heavy atom. The minimum Gasteiger partial charge on any atom is -0.367 e. The predicted octanol–water partition coefficient (Wildman–Crippen LogP) is 2.45. The van der Waals surface area contributed by atoms with Gasteiger partial charge in [0, 0.05) is 12.2 Å². The third kappa shape index (κ3) is 3.10. The highest BCUT2D eigenvalue weighted by Crippen LogP contribution is 2.27. The molecule has 2 rings (SSSR count). The van der Waals surface area contributed by atoms with E-state index in [2.05, 4.69) is 5.32 Å². The number of benzene rings is 1. The number of carbonyl (C=O) groups excluding carboxylic acids is 1. The van der Waals surface area contributed by atoms with Gasteiger partial charge in [0.05, 0.1) is 0 Å². The molecule has 1 aromatic rings. The van der Waals surface area contributed by atoms with Gasteiger partial charge in [0.15, 0.2) is 5.78 Å². The highest BCUT2D eigenvalue weighted by atomic mass is 35.5. The SMILES string of the molecule is CCOC1(C(=O)c2ccccc2)CCNCC1.Cl. The van der Waals surface area contributed by atoms with Crippen LogP contribution in [-0.4, -0.2) is 31.1 Å². The molecule has 1 fully saturated rings. The van der Waals surface area contributed by atoms with Gasteiger partial charge in [-0.05, 0) is 32.9 Å². The molecule has 1 heterocycles. The second kappa shape index (κ2) is 6.88. The van der Waals surface area contributed by atoms with Crippen LogP contribution in [0.1, 0.15) is 30.1 Å². The first-order valence-electron chi connectivity index (χ1n) is 6.23. The van der Waals surface area contributed by atoms with Crippen LogP contribution >= 0.6 is 12.4 Å². The zero-order valence-electron chi connectivity index (χ0n) is 10.6. The van der Waals surface area contributed by atoms with Crippen molar-refractivity contribution in [3.05, 3.63) is 35.9 Å². The number of ether oxygens (including phenoxy) is 1. The first kappa shape index (κ1) is 15.2. The average molecular weight is 270 g/mol. The van der Waals surface area contributed by atoms with Gasteiger partial charge in [0.1, 0.15) is 5.60 Å². The molecule has 18 heavy (non-hydrogen) atoms. The van der Waals surface area contributed by atoms with E-state index in [9.17, 15) is 4.79 Å². The highest BCUT2D eigenvalue weighted by Gasteiger charge is 2.40. The Morgan fingerprint density at radius 3 is 2.44 bits per heavy atom. The van der Waals surface area contributed by atoms with Crippen molar-refractivity contribution in [3.63, 3.8) is 0 Å². The summed E-state index contributed by atoms with van der Waals surface area (Å²) in [6.07, 6.45) is 1.52. The molecule has 0 amide bonds. The Kier molecular flexibility index (Phi) is 5.79. The van der Waals surface area contributed by atoms with Crippen LogP contribution in [-0.2, 0) is 4.74 Å². The summed E-state index contributed by atoms with van der Waals surface area (Å²) >= 11 is 0. The van der Waals surface area contributed by atoms with Gasteiger partial charge in [-0.3, -0.25) is 4.79 Å². The summed E-state index contributed by atoms with van der Waals surface area (Å²) in [5, 5.41) is 3.27. The van der Waals surface area contributed by atoms with Crippen LogP contribution in [0.25, 0.3) is 0 Å². The molecule has 1 aromatic carbocycles. The highest BCUT2D eigenvalue weighted by molar-refractivity contribution is 6.02. The second-order valence-corrected chi connectivity index (χ2v) is 4.37. The molecule has 0 radical (unpaired) electrons. The number of hydrogen-bond donors (Lipinski definition) is 1. The Labute approximate surface area is 114 Å². The lowest BCUT2D eigenvalue weighted by Crippen LogP contribution is -2.50. The van der Waals surface area contributed by atoms with Crippen LogP contribution in [0.3, 0.4) is 0 Å². The third-order valence-corrected chi connectivity index (χ3v) is 3.28. The molecular formula is C14H20ClNO2. The molecule has 0 atom stereocenters. The smallest absolute Gasteiger partial charge is 0.194 e. The van der Waals surface area contributed by atoms with Gasteiger partial charge >= 0.3 is 0 Å². The maximum atomic E-state index is 12.6. The topological polar surface area (TPSA) is 38.3 Å². The Bertz CT molecular complexity index is 369. The van der Waals surface area contributed by atoms with Gasteiger partial charge in [-0.15, -0.1) is 12.4 Å². The number of carbonyl (C=O) groups is 1. The van der Waals surface area contributed by atoms with Crippen molar-refractivity contribution in [1.29, 1.82) is 0 Å².